The number of nitrogens with two attached hydrogens (primary N) is 1. The van der Waals surface area contributed by atoms with Crippen LogP contribution >= 0.6 is 0 Å². The van der Waals surface area contributed by atoms with Crippen LogP contribution in [-0.2, 0) is 5.54 Å². The second kappa shape index (κ2) is 3.91. The van der Waals surface area contributed by atoms with Gasteiger partial charge in [0.2, 0.25) is 5.92 Å². The van der Waals surface area contributed by atoms with E-state index in [2.05, 4.69) is 0 Å². The topological polar surface area (TPSA) is 46.2 Å². The Bertz CT molecular complexity index is 424. The number of halogens is 3. The Balaban J connectivity index is 2.27. The summed E-state index contributed by atoms with van der Waals surface area (Å²) in [4.78, 5) is 0. The molecule has 0 bridgehead atoms. The van der Waals surface area contributed by atoms with Crippen molar-refractivity contribution in [2.45, 2.75) is 37.1 Å². The van der Waals surface area contributed by atoms with E-state index < -0.39 is 17.3 Å². The summed E-state index contributed by atoms with van der Waals surface area (Å²) in [5.74, 6) is -3.54. The standard InChI is InChI=1S/C12H14F3NO/c13-10-7-8(17)1-2-9(10)11(16)3-5-12(14,15)6-4-11/h1-2,7,17H,3-6,16H2. The van der Waals surface area contributed by atoms with Crippen LogP contribution in [0.25, 0.3) is 0 Å². The highest BCUT2D eigenvalue weighted by molar-refractivity contribution is 5.33. The van der Waals surface area contributed by atoms with Crippen molar-refractivity contribution in [2.24, 2.45) is 5.73 Å². The van der Waals surface area contributed by atoms with Crippen molar-refractivity contribution in [2.75, 3.05) is 0 Å². The molecule has 0 unspecified atom stereocenters. The van der Waals surface area contributed by atoms with Crippen molar-refractivity contribution < 1.29 is 18.3 Å². The van der Waals surface area contributed by atoms with Gasteiger partial charge < -0.3 is 10.8 Å². The first kappa shape index (κ1) is 12.2. The van der Waals surface area contributed by atoms with Crippen LogP contribution in [0.15, 0.2) is 18.2 Å². The van der Waals surface area contributed by atoms with Gasteiger partial charge in [-0.15, -0.1) is 0 Å². The van der Waals surface area contributed by atoms with E-state index in [1.54, 1.807) is 0 Å². The van der Waals surface area contributed by atoms with Gasteiger partial charge in [-0.25, -0.2) is 13.2 Å². The highest BCUT2D eigenvalue weighted by atomic mass is 19.3. The molecule has 17 heavy (non-hydrogen) atoms. The van der Waals surface area contributed by atoms with E-state index in [0.29, 0.717) is 0 Å². The third kappa shape index (κ3) is 2.39. The molecule has 0 heterocycles. The molecule has 0 atom stereocenters. The molecule has 2 rings (SSSR count). The van der Waals surface area contributed by atoms with Crippen molar-refractivity contribution in [3.05, 3.63) is 29.6 Å². The molecule has 0 aromatic heterocycles. The summed E-state index contributed by atoms with van der Waals surface area (Å²) in [6.45, 7) is 0. The molecule has 1 aliphatic rings. The molecule has 1 saturated carbocycles. The zero-order valence-corrected chi connectivity index (χ0v) is 9.22. The first-order valence-corrected chi connectivity index (χ1v) is 5.48. The normalized spacial score (nSPS) is 22.4. The Morgan fingerprint density at radius 3 is 2.24 bits per heavy atom. The lowest BCUT2D eigenvalue weighted by atomic mass is 9.76. The van der Waals surface area contributed by atoms with Gasteiger partial charge in [0.1, 0.15) is 11.6 Å². The molecule has 0 saturated heterocycles. The van der Waals surface area contributed by atoms with Gasteiger partial charge in [-0.2, -0.15) is 0 Å². The van der Waals surface area contributed by atoms with Crippen molar-refractivity contribution in [1.82, 2.24) is 0 Å². The first-order valence-electron chi connectivity index (χ1n) is 5.48. The van der Waals surface area contributed by atoms with Crippen LogP contribution in [0, 0.1) is 5.82 Å². The van der Waals surface area contributed by atoms with Gasteiger partial charge in [0, 0.05) is 30.0 Å². The van der Waals surface area contributed by atoms with Crippen molar-refractivity contribution in [1.29, 1.82) is 0 Å². The van der Waals surface area contributed by atoms with Gasteiger partial charge in [0.05, 0.1) is 0 Å². The molecule has 1 aromatic rings. The summed E-state index contributed by atoms with van der Waals surface area (Å²) in [7, 11) is 0. The van der Waals surface area contributed by atoms with Gasteiger partial charge in [0.15, 0.2) is 0 Å². The fourth-order valence-corrected chi connectivity index (χ4v) is 2.24. The average molecular weight is 245 g/mol. The maximum absolute atomic E-state index is 13.6. The van der Waals surface area contributed by atoms with Crippen LogP contribution in [0.4, 0.5) is 13.2 Å². The summed E-state index contributed by atoms with van der Waals surface area (Å²) in [5.41, 5.74) is 5.14. The van der Waals surface area contributed by atoms with E-state index in [4.69, 9.17) is 10.8 Å². The minimum Gasteiger partial charge on any atom is -0.508 e. The second-order valence-corrected chi connectivity index (χ2v) is 4.68. The Hall–Kier alpha value is -1.23. The number of hydrogen-bond acceptors (Lipinski definition) is 2. The molecule has 0 spiro atoms. The largest absolute Gasteiger partial charge is 0.508 e. The number of aromatic hydroxyl groups is 1. The molecular weight excluding hydrogens is 231 g/mol. The van der Waals surface area contributed by atoms with Gasteiger partial charge in [0.25, 0.3) is 0 Å². The zero-order chi connectivity index (χ0) is 12.7. The summed E-state index contributed by atoms with van der Waals surface area (Å²) in [6, 6.07) is 3.64. The van der Waals surface area contributed by atoms with E-state index in [9.17, 15) is 13.2 Å². The molecule has 1 fully saturated rings. The maximum atomic E-state index is 13.6. The molecule has 94 valence electrons. The molecule has 5 heteroatoms. The number of alkyl halides is 2. The van der Waals surface area contributed by atoms with Gasteiger partial charge in [-0.1, -0.05) is 6.07 Å². The van der Waals surface area contributed by atoms with Gasteiger partial charge in [-0.05, 0) is 18.9 Å². The van der Waals surface area contributed by atoms with E-state index in [0.717, 1.165) is 6.07 Å². The molecular formula is C12H14F3NO. The number of hydrogen-bond donors (Lipinski definition) is 2. The van der Waals surface area contributed by atoms with E-state index in [1.165, 1.54) is 12.1 Å². The lowest BCUT2D eigenvalue weighted by Crippen LogP contribution is -2.44. The molecule has 1 aromatic carbocycles. The fourth-order valence-electron chi connectivity index (χ4n) is 2.24. The Morgan fingerprint density at radius 2 is 1.71 bits per heavy atom. The minimum atomic E-state index is -2.70. The SMILES string of the molecule is NC1(c2ccc(O)cc2F)CCC(F)(F)CC1. The number of rotatable bonds is 1. The highest BCUT2D eigenvalue weighted by Gasteiger charge is 2.43. The predicted octanol–water partition coefficient (Wildman–Crippen LogP) is 2.89. The number of phenolic OH excluding ortho intramolecular Hbond substituents is 1. The van der Waals surface area contributed by atoms with E-state index >= 15 is 0 Å². The van der Waals surface area contributed by atoms with Gasteiger partial charge >= 0.3 is 0 Å². The van der Waals surface area contributed by atoms with E-state index in [1.807, 2.05) is 0 Å². The van der Waals surface area contributed by atoms with Crippen molar-refractivity contribution in [3.8, 4) is 5.75 Å². The minimum absolute atomic E-state index is 0.0433. The summed E-state index contributed by atoms with van der Waals surface area (Å²) in [5, 5.41) is 9.10. The molecule has 2 nitrogen and oxygen atoms in total. The van der Waals surface area contributed by atoms with Crippen LogP contribution in [0.3, 0.4) is 0 Å². The highest BCUT2D eigenvalue weighted by Crippen LogP contribution is 2.43. The van der Waals surface area contributed by atoms with Crippen molar-refractivity contribution in [3.63, 3.8) is 0 Å². The first-order chi connectivity index (χ1) is 7.82. The average Bonchev–Trinajstić information content (AvgIpc) is 2.23. The third-order valence-corrected chi connectivity index (χ3v) is 3.36. The van der Waals surface area contributed by atoms with Crippen LogP contribution < -0.4 is 5.73 Å². The van der Waals surface area contributed by atoms with Crippen molar-refractivity contribution >= 4 is 0 Å². The molecule has 0 aliphatic heterocycles. The quantitative estimate of drug-likeness (QED) is 0.799. The Kier molecular flexibility index (Phi) is 2.81. The zero-order valence-electron chi connectivity index (χ0n) is 9.22. The molecule has 0 amide bonds. The fraction of sp³-hybridized carbons (Fsp3) is 0.500. The van der Waals surface area contributed by atoms with Crippen LogP contribution in [0.2, 0.25) is 0 Å². The summed E-state index contributed by atoms with van der Waals surface area (Å²) < 4.78 is 39.7. The van der Waals surface area contributed by atoms with E-state index in [-0.39, 0.29) is 37.0 Å². The maximum Gasteiger partial charge on any atom is 0.248 e. The Labute approximate surface area is 97.2 Å². The molecule has 3 N–H and O–H groups in total. The lowest BCUT2D eigenvalue weighted by Gasteiger charge is -2.37. The number of phenols is 1. The van der Waals surface area contributed by atoms with Gasteiger partial charge in [-0.3, -0.25) is 0 Å². The molecule has 0 radical (unpaired) electrons. The predicted molar refractivity (Wildman–Crippen MR) is 57.3 cm³/mol. The number of benzene rings is 1. The van der Waals surface area contributed by atoms with Crippen LogP contribution in [-0.4, -0.2) is 11.0 Å². The van der Waals surface area contributed by atoms with Crippen LogP contribution in [0.5, 0.6) is 5.75 Å². The summed E-state index contributed by atoms with van der Waals surface area (Å²) in [6.07, 6.45) is -0.572. The second-order valence-electron chi connectivity index (χ2n) is 4.68. The smallest absolute Gasteiger partial charge is 0.248 e. The Morgan fingerprint density at radius 1 is 1.12 bits per heavy atom. The summed E-state index contributed by atoms with van der Waals surface area (Å²) >= 11 is 0. The van der Waals surface area contributed by atoms with Crippen LogP contribution in [0.1, 0.15) is 31.2 Å². The monoisotopic (exact) mass is 245 g/mol. The lowest BCUT2D eigenvalue weighted by molar-refractivity contribution is -0.0518. The third-order valence-electron chi connectivity index (χ3n) is 3.36. The molecule has 1 aliphatic carbocycles.